The molecule has 4 N–H and O–H groups in total. The molecular weight excluding hydrogens is 336 g/mol. The number of nitrogens with two attached hydrogens (primary N) is 1. The first kappa shape index (κ1) is 15.7. The molecule has 1 aromatic heterocycles. The number of aromatic nitrogens is 1. The second-order valence-electron chi connectivity index (χ2n) is 5.20. The lowest BCUT2D eigenvalue weighted by Crippen LogP contribution is -2.24. The van der Waals surface area contributed by atoms with Crippen molar-refractivity contribution in [3.05, 3.63) is 51.8 Å². The maximum absolute atomic E-state index is 12.3. The lowest BCUT2D eigenvalue weighted by Gasteiger charge is -2.13. The van der Waals surface area contributed by atoms with E-state index < -0.39 is 27.4 Å². The lowest BCUT2D eigenvalue weighted by molar-refractivity contribution is 0.0880. The average Bonchev–Trinajstić information content (AvgIpc) is 2.72. The highest BCUT2D eigenvalue weighted by Crippen LogP contribution is 2.24. The molecule has 2 amide bonds. The first-order valence-corrected chi connectivity index (χ1v) is 8.56. The van der Waals surface area contributed by atoms with E-state index in [0.717, 1.165) is 16.9 Å². The van der Waals surface area contributed by atoms with Gasteiger partial charge in [0, 0.05) is 6.07 Å². The molecule has 3 rings (SSSR count). The smallest absolute Gasteiger partial charge is 0.262 e. The topological polar surface area (TPSA) is 140 Å². The SMILES string of the molecule is CS(=O)(=O)Nc1cccc(-n2c(N)c3c(cc2=O)C(=O)NC3=O)c1. The van der Waals surface area contributed by atoms with Crippen LogP contribution in [0.3, 0.4) is 0 Å². The van der Waals surface area contributed by atoms with Crippen LogP contribution in [0, 0.1) is 0 Å². The van der Waals surface area contributed by atoms with Crippen molar-refractivity contribution in [3.8, 4) is 5.69 Å². The molecule has 0 fully saturated rings. The van der Waals surface area contributed by atoms with Gasteiger partial charge < -0.3 is 5.73 Å². The van der Waals surface area contributed by atoms with E-state index in [9.17, 15) is 22.8 Å². The predicted molar refractivity (Wildman–Crippen MR) is 86.7 cm³/mol. The minimum absolute atomic E-state index is 0.0795. The van der Waals surface area contributed by atoms with Gasteiger partial charge in [-0.1, -0.05) is 6.07 Å². The molecule has 0 unspecified atom stereocenters. The molecule has 0 radical (unpaired) electrons. The Bertz CT molecular complexity index is 1060. The van der Waals surface area contributed by atoms with E-state index in [1.807, 2.05) is 0 Å². The average molecular weight is 348 g/mol. The molecule has 0 bridgehead atoms. The molecule has 124 valence electrons. The fourth-order valence-corrected chi connectivity index (χ4v) is 3.02. The molecular formula is C14H12N4O5S. The van der Waals surface area contributed by atoms with Crippen molar-refractivity contribution in [3.63, 3.8) is 0 Å². The summed E-state index contributed by atoms with van der Waals surface area (Å²) >= 11 is 0. The van der Waals surface area contributed by atoms with Gasteiger partial charge in [-0.25, -0.2) is 8.42 Å². The maximum Gasteiger partial charge on any atom is 0.262 e. The summed E-state index contributed by atoms with van der Waals surface area (Å²) in [6.45, 7) is 0. The predicted octanol–water partition coefficient (Wildman–Crippen LogP) is -0.325. The van der Waals surface area contributed by atoms with Crippen LogP contribution in [0.15, 0.2) is 35.1 Å². The van der Waals surface area contributed by atoms with Crippen LogP contribution in [0.2, 0.25) is 0 Å². The van der Waals surface area contributed by atoms with Crippen molar-refractivity contribution in [2.75, 3.05) is 16.7 Å². The summed E-state index contributed by atoms with van der Waals surface area (Å²) < 4.78 is 26.0. The van der Waals surface area contributed by atoms with Crippen LogP contribution in [-0.4, -0.2) is 31.1 Å². The maximum atomic E-state index is 12.3. The molecule has 0 saturated carbocycles. The van der Waals surface area contributed by atoms with Crippen LogP contribution in [0.5, 0.6) is 0 Å². The van der Waals surface area contributed by atoms with Gasteiger partial charge in [-0.05, 0) is 18.2 Å². The second kappa shape index (κ2) is 5.20. The molecule has 9 nitrogen and oxygen atoms in total. The van der Waals surface area contributed by atoms with E-state index in [4.69, 9.17) is 5.73 Å². The van der Waals surface area contributed by atoms with Gasteiger partial charge in [0.15, 0.2) is 0 Å². The van der Waals surface area contributed by atoms with E-state index in [-0.39, 0.29) is 28.3 Å². The molecule has 0 spiro atoms. The zero-order chi connectivity index (χ0) is 17.6. The molecule has 0 aliphatic carbocycles. The minimum atomic E-state index is -3.50. The number of nitrogens with zero attached hydrogens (tertiary/aromatic N) is 1. The summed E-state index contributed by atoms with van der Waals surface area (Å²) in [6.07, 6.45) is 0.992. The summed E-state index contributed by atoms with van der Waals surface area (Å²) in [6, 6.07) is 6.94. The molecule has 24 heavy (non-hydrogen) atoms. The Morgan fingerprint density at radius 3 is 2.50 bits per heavy atom. The zero-order valence-electron chi connectivity index (χ0n) is 12.4. The second-order valence-corrected chi connectivity index (χ2v) is 6.95. The number of hydrogen-bond acceptors (Lipinski definition) is 6. The van der Waals surface area contributed by atoms with Crippen molar-refractivity contribution >= 4 is 33.3 Å². The van der Waals surface area contributed by atoms with Crippen LogP contribution >= 0.6 is 0 Å². The monoisotopic (exact) mass is 348 g/mol. The third-order valence-electron chi connectivity index (χ3n) is 3.36. The molecule has 2 aromatic rings. The van der Waals surface area contributed by atoms with Gasteiger partial charge in [-0.3, -0.25) is 29.0 Å². The van der Waals surface area contributed by atoms with Crippen LogP contribution in [0.25, 0.3) is 5.69 Å². The summed E-state index contributed by atoms with van der Waals surface area (Å²) in [4.78, 5) is 35.8. The molecule has 0 atom stereocenters. The van der Waals surface area contributed by atoms with Crippen molar-refractivity contribution < 1.29 is 18.0 Å². The highest BCUT2D eigenvalue weighted by atomic mass is 32.2. The summed E-state index contributed by atoms with van der Waals surface area (Å²) in [5, 5.41) is 2.07. The van der Waals surface area contributed by atoms with Crippen LogP contribution in [0.4, 0.5) is 11.5 Å². The standard InChI is InChI=1S/C14H12N4O5S/c1-24(22,23)17-7-3-2-4-8(5-7)18-10(19)6-9-11(12(18)15)14(21)16-13(9)20/h2-6,17H,15H2,1H3,(H,16,20,21). The van der Waals surface area contributed by atoms with Gasteiger partial charge in [0.05, 0.1) is 28.8 Å². The number of nitrogen functional groups attached to an aromatic ring is 1. The third-order valence-corrected chi connectivity index (χ3v) is 3.97. The van der Waals surface area contributed by atoms with Crippen LogP contribution < -0.4 is 21.3 Å². The molecule has 1 aliphatic rings. The highest BCUT2D eigenvalue weighted by Gasteiger charge is 2.31. The largest absolute Gasteiger partial charge is 0.384 e. The third kappa shape index (κ3) is 2.63. The van der Waals surface area contributed by atoms with E-state index in [2.05, 4.69) is 10.0 Å². The highest BCUT2D eigenvalue weighted by molar-refractivity contribution is 7.92. The molecule has 10 heteroatoms. The number of pyridine rings is 1. The van der Waals surface area contributed by atoms with Gasteiger partial charge in [-0.2, -0.15) is 0 Å². The number of sulfonamides is 1. The number of carbonyl (C=O) groups is 2. The van der Waals surface area contributed by atoms with E-state index >= 15 is 0 Å². The quantitative estimate of drug-likeness (QED) is 0.649. The minimum Gasteiger partial charge on any atom is -0.384 e. The van der Waals surface area contributed by atoms with Gasteiger partial charge in [0.2, 0.25) is 10.0 Å². The lowest BCUT2D eigenvalue weighted by atomic mass is 10.1. The number of fused-ring (bicyclic) bond motifs is 1. The Kier molecular flexibility index (Phi) is 3.41. The van der Waals surface area contributed by atoms with Crippen molar-refractivity contribution in [1.29, 1.82) is 0 Å². The first-order chi connectivity index (χ1) is 11.2. The Labute approximate surface area is 136 Å². The fourth-order valence-electron chi connectivity index (χ4n) is 2.47. The molecule has 1 aromatic carbocycles. The number of carbonyl (C=O) groups excluding carboxylic acids is 2. The van der Waals surface area contributed by atoms with Crippen molar-refractivity contribution in [2.24, 2.45) is 0 Å². The Balaban J connectivity index is 2.20. The Morgan fingerprint density at radius 2 is 1.83 bits per heavy atom. The summed E-state index contributed by atoms with van der Waals surface area (Å²) in [7, 11) is -3.50. The molecule has 1 aliphatic heterocycles. The molecule has 2 heterocycles. The van der Waals surface area contributed by atoms with E-state index in [0.29, 0.717) is 0 Å². The van der Waals surface area contributed by atoms with E-state index in [1.54, 1.807) is 0 Å². The number of amides is 2. The summed E-state index contributed by atoms with van der Waals surface area (Å²) in [5.41, 5.74) is 5.60. The van der Waals surface area contributed by atoms with Gasteiger partial charge >= 0.3 is 0 Å². The number of benzene rings is 1. The fraction of sp³-hybridized carbons (Fsp3) is 0.0714. The van der Waals surface area contributed by atoms with Crippen molar-refractivity contribution in [2.45, 2.75) is 0 Å². The Morgan fingerprint density at radius 1 is 1.12 bits per heavy atom. The van der Waals surface area contributed by atoms with E-state index in [1.165, 1.54) is 24.3 Å². The number of nitrogens with one attached hydrogen (secondary N) is 2. The van der Waals surface area contributed by atoms with Gasteiger partial charge in [-0.15, -0.1) is 0 Å². The number of hydrogen-bond donors (Lipinski definition) is 3. The Hall–Kier alpha value is -3.14. The number of imide groups is 1. The van der Waals surface area contributed by atoms with Crippen LogP contribution in [0.1, 0.15) is 20.7 Å². The van der Waals surface area contributed by atoms with Gasteiger partial charge in [0.1, 0.15) is 5.82 Å². The van der Waals surface area contributed by atoms with Crippen LogP contribution in [-0.2, 0) is 10.0 Å². The number of rotatable bonds is 3. The normalized spacial score (nSPS) is 13.5. The molecule has 0 saturated heterocycles. The number of anilines is 2. The first-order valence-electron chi connectivity index (χ1n) is 6.67. The van der Waals surface area contributed by atoms with Gasteiger partial charge in [0.25, 0.3) is 17.4 Å². The summed E-state index contributed by atoms with van der Waals surface area (Å²) in [5.74, 6) is -1.57. The zero-order valence-corrected chi connectivity index (χ0v) is 13.2. The van der Waals surface area contributed by atoms with Crippen molar-refractivity contribution in [1.82, 2.24) is 9.88 Å².